The van der Waals surface area contributed by atoms with Crippen LogP contribution in [0.25, 0.3) is 82.5 Å². The van der Waals surface area contributed by atoms with Crippen molar-refractivity contribution >= 4 is 65.7 Å². The molecule has 0 bridgehead atoms. The van der Waals surface area contributed by atoms with E-state index >= 15 is 0 Å². The lowest BCUT2D eigenvalue weighted by atomic mass is 9.74. The van der Waals surface area contributed by atoms with Crippen molar-refractivity contribution in [2.24, 2.45) is 5.92 Å². The second-order valence-electron chi connectivity index (χ2n) is 14.1. The number of hydrogen-bond donors (Lipinski definition) is 0. The number of aromatic nitrogens is 1. The Bertz CT molecular complexity index is 2890. The number of hydrogen-bond acceptors (Lipinski definition) is 2. The molecule has 0 fully saturated rings. The van der Waals surface area contributed by atoms with Gasteiger partial charge < -0.3 is 13.4 Å². The summed E-state index contributed by atoms with van der Waals surface area (Å²) in [5.74, 6) is 0.891. The zero-order chi connectivity index (χ0) is 31.7. The minimum atomic E-state index is 0.0458. The second kappa shape index (κ2) is 9.17. The number of allylic oxidation sites excluding steroid dienone is 4. The van der Waals surface area contributed by atoms with Crippen LogP contribution in [0.5, 0.6) is 0 Å². The number of fused-ring (bicyclic) bond motifs is 12. The first kappa shape index (κ1) is 26.3. The second-order valence-corrected chi connectivity index (χ2v) is 14.1. The summed E-state index contributed by atoms with van der Waals surface area (Å²) in [6, 6.07) is 41.6. The van der Waals surface area contributed by atoms with E-state index in [4.69, 9.17) is 8.83 Å². The van der Waals surface area contributed by atoms with Crippen LogP contribution in [0.4, 0.5) is 0 Å². The Hall–Kier alpha value is -5.80. The van der Waals surface area contributed by atoms with Gasteiger partial charge in [-0.05, 0) is 88.2 Å². The molecule has 0 saturated heterocycles. The first-order valence-corrected chi connectivity index (χ1v) is 16.8. The summed E-state index contributed by atoms with van der Waals surface area (Å²) in [4.78, 5) is 0. The fourth-order valence-electron chi connectivity index (χ4n) is 9.00. The summed E-state index contributed by atoms with van der Waals surface area (Å²) >= 11 is 0. The molecule has 3 heterocycles. The van der Waals surface area contributed by atoms with E-state index in [0.29, 0.717) is 11.8 Å². The Labute approximate surface area is 277 Å². The van der Waals surface area contributed by atoms with E-state index in [1.807, 2.05) is 18.2 Å². The van der Waals surface area contributed by atoms with Crippen LogP contribution >= 0.6 is 0 Å². The topological polar surface area (TPSA) is 31.2 Å². The van der Waals surface area contributed by atoms with Gasteiger partial charge in [0.05, 0.1) is 11.0 Å². The van der Waals surface area contributed by atoms with Gasteiger partial charge in [0.1, 0.15) is 22.3 Å². The maximum atomic E-state index is 6.68. The van der Waals surface area contributed by atoms with E-state index in [-0.39, 0.29) is 5.41 Å². The molecule has 2 aliphatic rings. The molecule has 0 spiro atoms. The molecule has 48 heavy (non-hydrogen) atoms. The fraction of sp³-hybridized carbons (Fsp3) is 0.111. The highest BCUT2D eigenvalue weighted by molar-refractivity contribution is 6.14. The number of rotatable bonds is 2. The minimum Gasteiger partial charge on any atom is -0.456 e. The summed E-state index contributed by atoms with van der Waals surface area (Å²) in [5, 5.41) is 7.09. The van der Waals surface area contributed by atoms with Crippen LogP contribution in [0.1, 0.15) is 30.9 Å². The molecule has 3 heteroatoms. The van der Waals surface area contributed by atoms with Crippen molar-refractivity contribution in [1.82, 2.24) is 4.57 Å². The predicted molar refractivity (Wildman–Crippen MR) is 198 cm³/mol. The quantitative estimate of drug-likeness (QED) is 0.193. The van der Waals surface area contributed by atoms with Crippen LogP contribution in [-0.4, -0.2) is 4.57 Å². The summed E-state index contributed by atoms with van der Waals surface area (Å²) in [7, 11) is 0. The molecule has 0 radical (unpaired) electrons. The van der Waals surface area contributed by atoms with Crippen LogP contribution in [0.2, 0.25) is 0 Å². The van der Waals surface area contributed by atoms with Gasteiger partial charge in [-0.25, -0.2) is 0 Å². The Balaban J connectivity index is 1.10. The summed E-state index contributed by atoms with van der Waals surface area (Å²) in [6.45, 7) is 4.81. The van der Waals surface area contributed by atoms with E-state index in [9.17, 15) is 0 Å². The molecule has 0 N–H and O–H groups in total. The maximum absolute atomic E-state index is 6.68. The predicted octanol–water partition coefficient (Wildman–Crippen LogP) is 12.4. The number of nitrogens with zero attached hydrogens (tertiary/aromatic N) is 1. The van der Waals surface area contributed by atoms with Crippen LogP contribution in [0.15, 0.2) is 148 Å². The summed E-state index contributed by atoms with van der Waals surface area (Å²) < 4.78 is 15.3. The Kier molecular flexibility index (Phi) is 5.02. The molecule has 3 aromatic heterocycles. The number of furan rings is 2. The molecule has 11 rings (SSSR count). The highest BCUT2D eigenvalue weighted by Crippen LogP contribution is 2.54. The summed E-state index contributed by atoms with van der Waals surface area (Å²) in [6.07, 6.45) is 9.22. The van der Waals surface area contributed by atoms with Crippen LogP contribution in [-0.2, 0) is 5.41 Å². The molecular weight excluding hydrogens is 587 g/mol. The molecule has 0 aliphatic heterocycles. The molecule has 9 aromatic rings. The maximum Gasteiger partial charge on any atom is 0.137 e. The molecule has 228 valence electrons. The minimum absolute atomic E-state index is 0.0458. The van der Waals surface area contributed by atoms with Gasteiger partial charge in [0.25, 0.3) is 0 Å². The van der Waals surface area contributed by atoms with Crippen molar-refractivity contribution in [1.29, 1.82) is 0 Å². The summed E-state index contributed by atoms with van der Waals surface area (Å²) in [5.41, 5.74) is 12.4. The van der Waals surface area contributed by atoms with Crippen LogP contribution < -0.4 is 0 Å². The third-order valence-corrected chi connectivity index (χ3v) is 11.3. The first-order valence-electron chi connectivity index (χ1n) is 16.8. The third kappa shape index (κ3) is 3.38. The number of benzene rings is 6. The molecule has 3 nitrogen and oxygen atoms in total. The van der Waals surface area contributed by atoms with Crippen molar-refractivity contribution in [2.45, 2.75) is 25.2 Å². The molecule has 2 atom stereocenters. The largest absolute Gasteiger partial charge is 0.456 e. The van der Waals surface area contributed by atoms with Gasteiger partial charge in [-0.3, -0.25) is 0 Å². The smallest absolute Gasteiger partial charge is 0.137 e. The van der Waals surface area contributed by atoms with Gasteiger partial charge in [-0.1, -0.05) is 92.7 Å². The van der Waals surface area contributed by atoms with Crippen LogP contribution in [0, 0.1) is 5.92 Å². The highest BCUT2D eigenvalue weighted by Gasteiger charge is 2.44. The molecule has 6 aromatic carbocycles. The fourth-order valence-corrected chi connectivity index (χ4v) is 9.00. The standard InChI is InChI=1S/C45H31NO2/c1-45(2)36-14-6-3-10-29(36)34-24-35-30-11-4-7-15-38(30)46(39(35)25-37(34)45)27-19-21-32-31-20-18-26(22-42(31)48-43(32)23-27)28-13-9-17-41-44(28)33-12-5-8-16-40(33)47-41/h3-25,29,36H,1-2H3. The van der Waals surface area contributed by atoms with Crippen molar-refractivity contribution in [2.75, 3.05) is 0 Å². The van der Waals surface area contributed by atoms with E-state index in [0.717, 1.165) is 60.7 Å². The molecular formula is C45H31NO2. The van der Waals surface area contributed by atoms with Gasteiger partial charge in [-0.2, -0.15) is 0 Å². The van der Waals surface area contributed by atoms with Gasteiger partial charge in [0, 0.05) is 50.0 Å². The average Bonchev–Trinajstić information content (AvgIpc) is 3.84. The first-order chi connectivity index (χ1) is 23.5. The van der Waals surface area contributed by atoms with E-state index < -0.39 is 0 Å². The highest BCUT2D eigenvalue weighted by atomic mass is 16.3. The lowest BCUT2D eigenvalue weighted by Gasteiger charge is -2.29. The SMILES string of the molecule is CC1(C)c2cc3c(cc2C2C=CC=CC21)c1ccccc1n3-c1ccc2c(c1)oc1cc(-c3cccc4oc5ccccc5c34)ccc12. The van der Waals surface area contributed by atoms with Gasteiger partial charge >= 0.3 is 0 Å². The van der Waals surface area contributed by atoms with Crippen molar-refractivity contribution in [3.05, 3.63) is 151 Å². The van der Waals surface area contributed by atoms with Crippen molar-refractivity contribution in [3.63, 3.8) is 0 Å². The normalized spacial score (nSPS) is 18.2. The Morgan fingerprint density at radius 3 is 2.23 bits per heavy atom. The average molecular weight is 618 g/mol. The zero-order valence-electron chi connectivity index (χ0n) is 26.7. The van der Waals surface area contributed by atoms with E-state index in [1.54, 1.807) is 0 Å². The lowest BCUT2D eigenvalue weighted by Crippen LogP contribution is -2.24. The lowest BCUT2D eigenvalue weighted by molar-refractivity contribution is 0.394. The third-order valence-electron chi connectivity index (χ3n) is 11.3. The molecule has 2 aliphatic carbocycles. The molecule has 0 saturated carbocycles. The monoisotopic (exact) mass is 617 g/mol. The Morgan fingerprint density at radius 1 is 0.562 bits per heavy atom. The Morgan fingerprint density at radius 2 is 1.31 bits per heavy atom. The van der Waals surface area contributed by atoms with Gasteiger partial charge in [0.2, 0.25) is 0 Å². The van der Waals surface area contributed by atoms with Crippen molar-refractivity contribution < 1.29 is 8.83 Å². The number of para-hydroxylation sites is 2. The molecule has 2 unspecified atom stereocenters. The zero-order valence-corrected chi connectivity index (χ0v) is 26.7. The van der Waals surface area contributed by atoms with Crippen molar-refractivity contribution in [3.8, 4) is 16.8 Å². The molecule has 0 amide bonds. The van der Waals surface area contributed by atoms with Gasteiger partial charge in [-0.15, -0.1) is 0 Å². The van der Waals surface area contributed by atoms with E-state index in [1.165, 1.54) is 32.9 Å². The van der Waals surface area contributed by atoms with Crippen LogP contribution in [0.3, 0.4) is 0 Å². The van der Waals surface area contributed by atoms with Gasteiger partial charge in [0.15, 0.2) is 0 Å². The van der Waals surface area contributed by atoms with E-state index in [2.05, 4.69) is 140 Å².